The van der Waals surface area contributed by atoms with Crippen molar-refractivity contribution in [3.8, 4) is 0 Å². The Hall–Kier alpha value is -0.120. The largest absolute Gasteiger partial charge is 0.313 e. The van der Waals surface area contributed by atoms with E-state index in [1.165, 1.54) is 58.3 Å². The molecule has 0 amide bonds. The van der Waals surface area contributed by atoms with E-state index in [1.807, 2.05) is 0 Å². The van der Waals surface area contributed by atoms with E-state index >= 15 is 0 Å². The Morgan fingerprint density at radius 2 is 2.06 bits per heavy atom. The summed E-state index contributed by atoms with van der Waals surface area (Å²) in [7, 11) is 0. The molecule has 18 heavy (non-hydrogen) atoms. The van der Waals surface area contributed by atoms with Crippen LogP contribution in [0.2, 0.25) is 0 Å². The van der Waals surface area contributed by atoms with Gasteiger partial charge in [-0.15, -0.1) is 0 Å². The number of hydrogen-bond donors (Lipinski definition) is 2. The number of rotatable bonds is 9. The zero-order valence-corrected chi connectivity index (χ0v) is 12.7. The van der Waals surface area contributed by atoms with Crippen molar-refractivity contribution in [2.24, 2.45) is 0 Å². The highest BCUT2D eigenvalue weighted by Gasteiger charge is 2.13. The van der Waals surface area contributed by atoms with Crippen molar-refractivity contribution in [3.05, 3.63) is 0 Å². The van der Waals surface area contributed by atoms with Crippen LogP contribution in [0.3, 0.4) is 0 Å². The van der Waals surface area contributed by atoms with Crippen molar-refractivity contribution in [3.63, 3.8) is 0 Å². The van der Waals surface area contributed by atoms with Crippen molar-refractivity contribution < 1.29 is 0 Å². The Kier molecular flexibility index (Phi) is 8.64. The molecule has 1 saturated heterocycles. The topological polar surface area (TPSA) is 27.3 Å². The van der Waals surface area contributed by atoms with Gasteiger partial charge in [-0.05, 0) is 58.8 Å². The fourth-order valence-electron chi connectivity index (χ4n) is 2.70. The third kappa shape index (κ3) is 6.72. The Labute approximate surface area is 114 Å². The molecule has 0 aromatic carbocycles. The third-order valence-corrected chi connectivity index (χ3v) is 4.13. The molecular formula is C15H33N3. The van der Waals surface area contributed by atoms with Gasteiger partial charge in [0.25, 0.3) is 0 Å². The van der Waals surface area contributed by atoms with Crippen LogP contribution >= 0.6 is 0 Å². The molecule has 0 aromatic heterocycles. The maximum Gasteiger partial charge on any atom is 0.0192 e. The van der Waals surface area contributed by atoms with Gasteiger partial charge in [-0.3, -0.25) is 0 Å². The molecule has 0 aromatic rings. The van der Waals surface area contributed by atoms with Gasteiger partial charge in [0.15, 0.2) is 0 Å². The highest BCUT2D eigenvalue weighted by atomic mass is 15.1. The van der Waals surface area contributed by atoms with Gasteiger partial charge in [0.1, 0.15) is 0 Å². The molecule has 0 radical (unpaired) electrons. The summed E-state index contributed by atoms with van der Waals surface area (Å²) in [6.07, 6.45) is 6.71. The summed E-state index contributed by atoms with van der Waals surface area (Å²) in [5.74, 6) is 0. The summed E-state index contributed by atoms with van der Waals surface area (Å²) in [6, 6.07) is 1.37. The summed E-state index contributed by atoms with van der Waals surface area (Å²) in [6.45, 7) is 12.8. The van der Waals surface area contributed by atoms with Crippen LogP contribution < -0.4 is 10.6 Å². The minimum Gasteiger partial charge on any atom is -0.313 e. The van der Waals surface area contributed by atoms with Crippen LogP contribution in [0, 0.1) is 0 Å². The average molecular weight is 255 g/mol. The fourth-order valence-corrected chi connectivity index (χ4v) is 2.70. The molecule has 2 atom stereocenters. The van der Waals surface area contributed by atoms with Crippen LogP contribution in [0.1, 0.15) is 52.9 Å². The predicted molar refractivity (Wildman–Crippen MR) is 80.1 cm³/mol. The Bertz CT molecular complexity index is 186. The number of nitrogens with zero attached hydrogens (tertiary/aromatic N) is 1. The van der Waals surface area contributed by atoms with E-state index in [-0.39, 0.29) is 0 Å². The summed E-state index contributed by atoms with van der Waals surface area (Å²) >= 11 is 0. The lowest BCUT2D eigenvalue weighted by Crippen LogP contribution is -2.44. The number of nitrogens with one attached hydrogen (secondary N) is 2. The van der Waals surface area contributed by atoms with Crippen LogP contribution in [-0.4, -0.2) is 49.7 Å². The van der Waals surface area contributed by atoms with Crippen LogP contribution in [-0.2, 0) is 0 Å². The van der Waals surface area contributed by atoms with E-state index in [0.717, 1.165) is 6.54 Å². The molecular weight excluding hydrogens is 222 g/mol. The lowest BCUT2D eigenvalue weighted by Gasteiger charge is -2.26. The lowest BCUT2D eigenvalue weighted by atomic mass is 10.0. The third-order valence-electron chi connectivity index (χ3n) is 4.13. The standard InChI is InChI=1S/C15H33N3/c1-4-18(5-2)12-8-9-14(3)17-13-15-10-6-7-11-16-15/h14-17H,4-13H2,1-3H3. The fraction of sp³-hybridized carbons (Fsp3) is 1.00. The predicted octanol–water partition coefficient (Wildman–Crippen LogP) is 2.23. The molecule has 108 valence electrons. The monoisotopic (exact) mass is 255 g/mol. The van der Waals surface area contributed by atoms with Gasteiger partial charge in [-0.2, -0.15) is 0 Å². The zero-order valence-electron chi connectivity index (χ0n) is 12.7. The second-order valence-electron chi connectivity index (χ2n) is 5.63. The smallest absolute Gasteiger partial charge is 0.0192 e. The van der Waals surface area contributed by atoms with Crippen LogP contribution in [0.4, 0.5) is 0 Å². The summed E-state index contributed by atoms with van der Waals surface area (Å²) in [5, 5.41) is 7.28. The Balaban J connectivity index is 2.00. The maximum absolute atomic E-state index is 3.68. The molecule has 0 saturated carbocycles. The minimum absolute atomic E-state index is 0.657. The molecule has 2 unspecified atom stereocenters. The van der Waals surface area contributed by atoms with Gasteiger partial charge in [-0.25, -0.2) is 0 Å². The minimum atomic E-state index is 0.657. The molecule has 1 fully saturated rings. The van der Waals surface area contributed by atoms with Crippen molar-refractivity contribution in [2.75, 3.05) is 32.7 Å². The van der Waals surface area contributed by atoms with Crippen molar-refractivity contribution >= 4 is 0 Å². The summed E-state index contributed by atoms with van der Waals surface area (Å²) < 4.78 is 0. The van der Waals surface area contributed by atoms with E-state index in [2.05, 4.69) is 36.3 Å². The SMILES string of the molecule is CCN(CC)CCCC(C)NCC1CCCCN1. The molecule has 2 N–H and O–H groups in total. The van der Waals surface area contributed by atoms with Crippen LogP contribution in [0.5, 0.6) is 0 Å². The maximum atomic E-state index is 3.68. The van der Waals surface area contributed by atoms with E-state index in [0.29, 0.717) is 12.1 Å². The molecule has 1 aliphatic heterocycles. The lowest BCUT2D eigenvalue weighted by molar-refractivity contribution is 0.288. The first-order chi connectivity index (χ1) is 8.76. The van der Waals surface area contributed by atoms with Crippen molar-refractivity contribution in [1.82, 2.24) is 15.5 Å². The molecule has 0 bridgehead atoms. The highest BCUT2D eigenvalue weighted by Crippen LogP contribution is 2.06. The summed E-state index contributed by atoms with van der Waals surface area (Å²) in [5.41, 5.74) is 0. The second-order valence-corrected chi connectivity index (χ2v) is 5.63. The van der Waals surface area contributed by atoms with Crippen LogP contribution in [0.25, 0.3) is 0 Å². The van der Waals surface area contributed by atoms with E-state index in [1.54, 1.807) is 0 Å². The van der Waals surface area contributed by atoms with Gasteiger partial charge >= 0.3 is 0 Å². The van der Waals surface area contributed by atoms with E-state index < -0.39 is 0 Å². The first-order valence-corrected chi connectivity index (χ1v) is 7.95. The van der Waals surface area contributed by atoms with Crippen LogP contribution in [0.15, 0.2) is 0 Å². The van der Waals surface area contributed by atoms with Gasteiger partial charge < -0.3 is 15.5 Å². The molecule has 0 spiro atoms. The first kappa shape index (κ1) is 15.9. The molecule has 3 heteroatoms. The second kappa shape index (κ2) is 9.76. The Morgan fingerprint density at radius 3 is 2.67 bits per heavy atom. The normalized spacial score (nSPS) is 22.3. The van der Waals surface area contributed by atoms with Gasteiger partial charge in [0.2, 0.25) is 0 Å². The zero-order chi connectivity index (χ0) is 13.2. The van der Waals surface area contributed by atoms with E-state index in [4.69, 9.17) is 0 Å². The molecule has 1 rings (SSSR count). The van der Waals surface area contributed by atoms with Gasteiger partial charge in [0.05, 0.1) is 0 Å². The first-order valence-electron chi connectivity index (χ1n) is 7.95. The molecule has 1 heterocycles. The quantitative estimate of drug-likeness (QED) is 0.661. The highest BCUT2D eigenvalue weighted by molar-refractivity contribution is 4.76. The molecule has 3 nitrogen and oxygen atoms in total. The Morgan fingerprint density at radius 1 is 1.28 bits per heavy atom. The average Bonchev–Trinajstić information content (AvgIpc) is 2.42. The summed E-state index contributed by atoms with van der Waals surface area (Å²) in [4.78, 5) is 2.51. The van der Waals surface area contributed by atoms with Crippen molar-refractivity contribution in [1.29, 1.82) is 0 Å². The van der Waals surface area contributed by atoms with E-state index in [9.17, 15) is 0 Å². The number of hydrogen-bond acceptors (Lipinski definition) is 3. The van der Waals surface area contributed by atoms with Gasteiger partial charge in [0, 0.05) is 18.6 Å². The van der Waals surface area contributed by atoms with Crippen molar-refractivity contribution in [2.45, 2.75) is 65.0 Å². The van der Waals surface area contributed by atoms with Gasteiger partial charge in [-0.1, -0.05) is 20.3 Å². The molecule has 1 aliphatic rings. The molecule has 0 aliphatic carbocycles. The number of piperidine rings is 1.